The Hall–Kier alpha value is -0.900. The molecule has 0 spiro atoms. The SMILES string of the molecule is CNCCc1ccccc1CN(C)CCCN(C)C. The van der Waals surface area contributed by atoms with Gasteiger partial charge in [0.05, 0.1) is 0 Å². The summed E-state index contributed by atoms with van der Waals surface area (Å²) in [5.74, 6) is 0. The lowest BCUT2D eigenvalue weighted by Gasteiger charge is -2.20. The maximum atomic E-state index is 3.22. The summed E-state index contributed by atoms with van der Waals surface area (Å²) in [7, 11) is 8.49. The Balaban J connectivity index is 2.46. The minimum absolute atomic E-state index is 1.04. The predicted octanol–water partition coefficient (Wildman–Crippen LogP) is 1.83. The number of hydrogen-bond donors (Lipinski definition) is 1. The Bertz CT molecular complexity index is 350. The van der Waals surface area contributed by atoms with Gasteiger partial charge in [0.2, 0.25) is 0 Å². The van der Waals surface area contributed by atoms with Crippen molar-refractivity contribution in [2.75, 3.05) is 47.8 Å². The van der Waals surface area contributed by atoms with Crippen LogP contribution in [0.5, 0.6) is 0 Å². The van der Waals surface area contributed by atoms with Gasteiger partial charge in [-0.15, -0.1) is 0 Å². The van der Waals surface area contributed by atoms with Gasteiger partial charge in [0.15, 0.2) is 0 Å². The molecule has 19 heavy (non-hydrogen) atoms. The molecular formula is C16H29N3. The van der Waals surface area contributed by atoms with Gasteiger partial charge in [0, 0.05) is 6.54 Å². The highest BCUT2D eigenvalue weighted by atomic mass is 15.1. The molecule has 0 fully saturated rings. The first-order valence-corrected chi connectivity index (χ1v) is 7.18. The van der Waals surface area contributed by atoms with Gasteiger partial charge in [-0.1, -0.05) is 24.3 Å². The van der Waals surface area contributed by atoms with Crippen molar-refractivity contribution >= 4 is 0 Å². The van der Waals surface area contributed by atoms with Crippen LogP contribution in [-0.4, -0.2) is 57.6 Å². The predicted molar refractivity (Wildman–Crippen MR) is 83.6 cm³/mol. The molecule has 0 aliphatic heterocycles. The fourth-order valence-corrected chi connectivity index (χ4v) is 2.24. The van der Waals surface area contributed by atoms with E-state index in [-0.39, 0.29) is 0 Å². The summed E-state index contributed by atoms with van der Waals surface area (Å²) in [4.78, 5) is 4.66. The van der Waals surface area contributed by atoms with Crippen LogP contribution >= 0.6 is 0 Å². The van der Waals surface area contributed by atoms with Gasteiger partial charge < -0.3 is 15.1 Å². The first-order chi connectivity index (χ1) is 9.13. The molecule has 0 atom stereocenters. The summed E-state index contributed by atoms with van der Waals surface area (Å²) in [5, 5.41) is 3.22. The van der Waals surface area contributed by atoms with E-state index in [0.29, 0.717) is 0 Å². The Kier molecular flexibility index (Phi) is 7.72. The fraction of sp³-hybridized carbons (Fsp3) is 0.625. The number of nitrogens with one attached hydrogen (secondary N) is 1. The number of likely N-dealkylation sites (N-methyl/N-ethyl adjacent to an activating group) is 1. The lowest BCUT2D eigenvalue weighted by molar-refractivity contribution is 0.294. The molecule has 0 heterocycles. The number of hydrogen-bond acceptors (Lipinski definition) is 3. The third-order valence-corrected chi connectivity index (χ3v) is 3.35. The van der Waals surface area contributed by atoms with Gasteiger partial charge in [0.1, 0.15) is 0 Å². The molecule has 0 radical (unpaired) electrons. The van der Waals surface area contributed by atoms with Crippen LogP contribution in [0.25, 0.3) is 0 Å². The summed E-state index contributed by atoms with van der Waals surface area (Å²) >= 11 is 0. The van der Waals surface area contributed by atoms with Crippen molar-refractivity contribution in [3.8, 4) is 0 Å². The number of nitrogens with zero attached hydrogens (tertiary/aromatic N) is 2. The molecule has 108 valence electrons. The van der Waals surface area contributed by atoms with Gasteiger partial charge in [-0.3, -0.25) is 0 Å². The molecule has 0 amide bonds. The van der Waals surface area contributed by atoms with Crippen LogP contribution < -0.4 is 5.32 Å². The summed E-state index contributed by atoms with van der Waals surface area (Å²) in [6.07, 6.45) is 2.33. The molecule has 0 saturated carbocycles. The highest BCUT2D eigenvalue weighted by Crippen LogP contribution is 2.11. The molecule has 1 rings (SSSR count). The Morgan fingerprint density at radius 3 is 2.32 bits per heavy atom. The van der Waals surface area contributed by atoms with Crippen molar-refractivity contribution in [2.45, 2.75) is 19.4 Å². The van der Waals surface area contributed by atoms with E-state index >= 15 is 0 Å². The molecule has 1 aromatic rings. The van der Waals surface area contributed by atoms with Crippen LogP contribution in [0, 0.1) is 0 Å². The van der Waals surface area contributed by atoms with E-state index in [1.54, 1.807) is 0 Å². The second-order valence-electron chi connectivity index (χ2n) is 5.52. The largest absolute Gasteiger partial charge is 0.319 e. The van der Waals surface area contributed by atoms with E-state index in [2.05, 4.69) is 60.5 Å². The van der Waals surface area contributed by atoms with E-state index in [0.717, 1.165) is 32.6 Å². The Morgan fingerprint density at radius 2 is 1.68 bits per heavy atom. The number of benzene rings is 1. The zero-order valence-corrected chi connectivity index (χ0v) is 12.9. The normalized spacial score (nSPS) is 11.5. The average molecular weight is 263 g/mol. The summed E-state index contributed by atoms with van der Waals surface area (Å²) < 4.78 is 0. The van der Waals surface area contributed by atoms with E-state index in [1.165, 1.54) is 17.5 Å². The molecule has 0 unspecified atom stereocenters. The van der Waals surface area contributed by atoms with E-state index in [9.17, 15) is 0 Å². The second-order valence-corrected chi connectivity index (χ2v) is 5.52. The molecule has 0 aliphatic rings. The van der Waals surface area contributed by atoms with Crippen molar-refractivity contribution in [3.05, 3.63) is 35.4 Å². The Morgan fingerprint density at radius 1 is 1.00 bits per heavy atom. The fourth-order valence-electron chi connectivity index (χ4n) is 2.24. The maximum absolute atomic E-state index is 3.22. The lowest BCUT2D eigenvalue weighted by Crippen LogP contribution is -2.24. The summed E-state index contributed by atoms with van der Waals surface area (Å²) in [6.45, 7) is 4.40. The van der Waals surface area contributed by atoms with E-state index in [1.807, 2.05) is 7.05 Å². The summed E-state index contributed by atoms with van der Waals surface area (Å²) in [5.41, 5.74) is 2.93. The minimum Gasteiger partial charge on any atom is -0.319 e. The van der Waals surface area contributed by atoms with Gasteiger partial charge in [-0.05, 0) is 71.8 Å². The maximum Gasteiger partial charge on any atom is 0.0233 e. The zero-order valence-electron chi connectivity index (χ0n) is 12.9. The first-order valence-electron chi connectivity index (χ1n) is 7.18. The highest BCUT2D eigenvalue weighted by molar-refractivity contribution is 5.27. The Labute approximate surface area is 118 Å². The van der Waals surface area contributed by atoms with Crippen LogP contribution in [0.2, 0.25) is 0 Å². The van der Waals surface area contributed by atoms with Crippen molar-refractivity contribution in [2.24, 2.45) is 0 Å². The molecule has 3 nitrogen and oxygen atoms in total. The lowest BCUT2D eigenvalue weighted by atomic mass is 10.0. The zero-order chi connectivity index (χ0) is 14.1. The minimum atomic E-state index is 1.04. The smallest absolute Gasteiger partial charge is 0.0233 e. The molecule has 3 heteroatoms. The van der Waals surface area contributed by atoms with Crippen molar-refractivity contribution in [1.82, 2.24) is 15.1 Å². The monoisotopic (exact) mass is 263 g/mol. The quantitative estimate of drug-likeness (QED) is 0.733. The van der Waals surface area contributed by atoms with Crippen molar-refractivity contribution in [1.29, 1.82) is 0 Å². The second kappa shape index (κ2) is 9.08. The van der Waals surface area contributed by atoms with Gasteiger partial charge >= 0.3 is 0 Å². The van der Waals surface area contributed by atoms with Crippen molar-refractivity contribution in [3.63, 3.8) is 0 Å². The van der Waals surface area contributed by atoms with Crippen molar-refractivity contribution < 1.29 is 0 Å². The molecule has 1 aromatic carbocycles. The van der Waals surface area contributed by atoms with E-state index < -0.39 is 0 Å². The van der Waals surface area contributed by atoms with Crippen LogP contribution in [-0.2, 0) is 13.0 Å². The third-order valence-electron chi connectivity index (χ3n) is 3.35. The van der Waals surface area contributed by atoms with Gasteiger partial charge in [0.25, 0.3) is 0 Å². The average Bonchev–Trinajstić information content (AvgIpc) is 2.37. The van der Waals surface area contributed by atoms with Gasteiger partial charge in [-0.25, -0.2) is 0 Å². The molecule has 0 saturated heterocycles. The van der Waals surface area contributed by atoms with Crippen LogP contribution in [0.4, 0.5) is 0 Å². The van der Waals surface area contributed by atoms with Crippen LogP contribution in [0.3, 0.4) is 0 Å². The standard InChI is InChI=1S/C16H29N3/c1-17-11-10-15-8-5-6-9-16(15)14-19(4)13-7-12-18(2)3/h5-6,8-9,17H,7,10-14H2,1-4H3. The highest BCUT2D eigenvalue weighted by Gasteiger charge is 2.05. The molecule has 1 N–H and O–H groups in total. The molecular weight excluding hydrogens is 234 g/mol. The van der Waals surface area contributed by atoms with Crippen LogP contribution in [0.1, 0.15) is 17.5 Å². The van der Waals surface area contributed by atoms with Crippen LogP contribution in [0.15, 0.2) is 24.3 Å². The third kappa shape index (κ3) is 6.71. The molecule has 0 bridgehead atoms. The molecule has 0 aromatic heterocycles. The number of rotatable bonds is 9. The van der Waals surface area contributed by atoms with E-state index in [4.69, 9.17) is 0 Å². The topological polar surface area (TPSA) is 18.5 Å². The van der Waals surface area contributed by atoms with Gasteiger partial charge in [-0.2, -0.15) is 0 Å². The summed E-state index contributed by atoms with van der Waals surface area (Å²) in [6, 6.07) is 8.79. The molecule has 0 aliphatic carbocycles. The first kappa shape index (κ1) is 16.2.